The van der Waals surface area contributed by atoms with Crippen LogP contribution in [-0.2, 0) is 6.54 Å². The highest BCUT2D eigenvalue weighted by Gasteiger charge is 2.14. The second-order valence-electron chi connectivity index (χ2n) is 3.87. The van der Waals surface area contributed by atoms with Crippen LogP contribution in [0.25, 0.3) is 0 Å². The molecule has 0 fully saturated rings. The van der Waals surface area contributed by atoms with E-state index in [2.05, 4.69) is 21.2 Å². The summed E-state index contributed by atoms with van der Waals surface area (Å²) in [6, 6.07) is 5.69. The summed E-state index contributed by atoms with van der Waals surface area (Å²) in [5.74, 6) is -0.403. The van der Waals surface area contributed by atoms with Crippen LogP contribution in [0.5, 0.6) is 0 Å². The molecule has 1 aromatic carbocycles. The molecule has 0 atom stereocenters. The molecule has 104 valence electrons. The fraction of sp³-hybridized carbons (Fsp3) is 0.0833. The van der Waals surface area contributed by atoms with Gasteiger partial charge in [0.05, 0.1) is 11.5 Å². The molecule has 0 bridgehead atoms. The summed E-state index contributed by atoms with van der Waals surface area (Å²) in [4.78, 5) is 23.1. The zero-order valence-electron chi connectivity index (χ0n) is 9.93. The van der Waals surface area contributed by atoms with Crippen LogP contribution in [0.4, 0.5) is 5.69 Å². The number of amides is 1. The Morgan fingerprint density at radius 1 is 1.40 bits per heavy atom. The minimum atomic E-state index is -0.584. The lowest BCUT2D eigenvalue weighted by Crippen LogP contribution is -2.22. The number of carbonyl (C=O) groups is 1. The summed E-state index contributed by atoms with van der Waals surface area (Å²) >= 11 is 10.6. The van der Waals surface area contributed by atoms with Gasteiger partial charge >= 0.3 is 0 Å². The van der Waals surface area contributed by atoms with E-state index in [0.29, 0.717) is 6.54 Å². The molecule has 0 aliphatic carbocycles. The van der Waals surface area contributed by atoms with Gasteiger partial charge in [-0.25, -0.2) is 0 Å². The van der Waals surface area contributed by atoms with Crippen LogP contribution < -0.4 is 5.32 Å². The number of carbonyl (C=O) groups excluding carboxylic acids is 1. The molecule has 8 heteroatoms. The van der Waals surface area contributed by atoms with Gasteiger partial charge in [-0.1, -0.05) is 11.6 Å². The summed E-state index contributed by atoms with van der Waals surface area (Å²) in [6.45, 7) is 0.357. The van der Waals surface area contributed by atoms with Crippen molar-refractivity contribution in [2.45, 2.75) is 6.54 Å². The average Bonchev–Trinajstić information content (AvgIpc) is 2.81. The molecule has 0 spiro atoms. The largest absolute Gasteiger partial charge is 0.347 e. The van der Waals surface area contributed by atoms with Crippen LogP contribution in [0, 0.1) is 10.1 Å². The molecule has 1 N–H and O–H groups in total. The van der Waals surface area contributed by atoms with Crippen molar-refractivity contribution in [1.82, 2.24) is 5.32 Å². The van der Waals surface area contributed by atoms with E-state index in [1.807, 2.05) is 11.4 Å². The van der Waals surface area contributed by atoms with Gasteiger partial charge in [-0.3, -0.25) is 14.9 Å². The Labute approximate surface area is 131 Å². The fourth-order valence-electron chi connectivity index (χ4n) is 1.53. The predicted molar refractivity (Wildman–Crippen MR) is 81.3 cm³/mol. The zero-order chi connectivity index (χ0) is 14.7. The van der Waals surface area contributed by atoms with Crippen molar-refractivity contribution in [2.24, 2.45) is 0 Å². The second-order valence-corrected chi connectivity index (χ2v) is 6.22. The maximum Gasteiger partial charge on any atom is 0.271 e. The fourth-order valence-corrected chi connectivity index (χ4v) is 3.15. The molecule has 0 aliphatic rings. The van der Waals surface area contributed by atoms with Gasteiger partial charge in [0.25, 0.3) is 11.6 Å². The SMILES string of the molecule is O=C(NCc1cc(Br)cs1)c1cc(Cl)cc([N+](=O)[O-])c1. The number of thiophene rings is 1. The molecule has 1 amide bonds. The molecule has 0 radical (unpaired) electrons. The molecule has 2 aromatic rings. The molecule has 1 heterocycles. The summed E-state index contributed by atoms with van der Waals surface area (Å²) in [6.07, 6.45) is 0. The number of nitro groups is 1. The van der Waals surface area contributed by atoms with Crippen molar-refractivity contribution >= 4 is 50.5 Å². The molecule has 5 nitrogen and oxygen atoms in total. The van der Waals surface area contributed by atoms with Crippen LogP contribution in [0.3, 0.4) is 0 Å². The Morgan fingerprint density at radius 3 is 2.75 bits per heavy atom. The van der Waals surface area contributed by atoms with Crippen molar-refractivity contribution in [3.05, 3.63) is 59.7 Å². The number of nitro benzene ring substituents is 1. The minimum absolute atomic E-state index is 0.156. The van der Waals surface area contributed by atoms with Crippen molar-refractivity contribution in [1.29, 1.82) is 0 Å². The molecule has 1 aromatic heterocycles. The van der Waals surface area contributed by atoms with E-state index < -0.39 is 10.8 Å². The van der Waals surface area contributed by atoms with Gasteiger partial charge in [-0.05, 0) is 28.1 Å². The van der Waals surface area contributed by atoms with Crippen LogP contribution >= 0.6 is 38.9 Å². The van der Waals surface area contributed by atoms with Crippen molar-refractivity contribution in [3.63, 3.8) is 0 Å². The van der Waals surface area contributed by atoms with Crippen molar-refractivity contribution < 1.29 is 9.72 Å². The number of nitrogens with zero attached hydrogens (tertiary/aromatic N) is 1. The molecule has 0 saturated carbocycles. The Kier molecular flexibility index (Phi) is 4.74. The highest BCUT2D eigenvalue weighted by atomic mass is 79.9. The number of hydrogen-bond acceptors (Lipinski definition) is 4. The lowest BCUT2D eigenvalue weighted by Gasteiger charge is -2.04. The van der Waals surface area contributed by atoms with Crippen molar-refractivity contribution in [3.8, 4) is 0 Å². The molecule has 0 aliphatic heterocycles. The van der Waals surface area contributed by atoms with Crippen LogP contribution in [0.1, 0.15) is 15.2 Å². The maximum atomic E-state index is 12.0. The summed E-state index contributed by atoms with van der Waals surface area (Å²) < 4.78 is 0.949. The summed E-state index contributed by atoms with van der Waals surface area (Å²) in [7, 11) is 0. The first-order valence-electron chi connectivity index (χ1n) is 5.42. The van der Waals surface area contributed by atoms with Gasteiger partial charge in [-0.2, -0.15) is 0 Å². The highest BCUT2D eigenvalue weighted by molar-refractivity contribution is 9.10. The standard InChI is InChI=1S/C12H8BrClN2O3S/c13-8-3-11(20-6-8)5-15-12(17)7-1-9(14)4-10(2-7)16(18)19/h1-4,6H,5H2,(H,15,17). The Balaban J connectivity index is 2.10. The van der Waals surface area contributed by atoms with Gasteiger partial charge in [0.15, 0.2) is 0 Å². The highest BCUT2D eigenvalue weighted by Crippen LogP contribution is 2.22. The normalized spacial score (nSPS) is 10.3. The van der Waals surface area contributed by atoms with Gasteiger partial charge in [0.1, 0.15) is 0 Å². The third-order valence-electron chi connectivity index (χ3n) is 2.40. The molecule has 2 rings (SSSR count). The summed E-state index contributed by atoms with van der Waals surface area (Å²) in [5.41, 5.74) is -0.0404. The van der Waals surface area contributed by atoms with Crippen LogP contribution in [-0.4, -0.2) is 10.8 Å². The average molecular weight is 376 g/mol. The first kappa shape index (κ1) is 15.0. The van der Waals surface area contributed by atoms with E-state index in [1.54, 1.807) is 0 Å². The second kappa shape index (κ2) is 6.34. The Morgan fingerprint density at radius 2 is 2.15 bits per heavy atom. The number of halogens is 2. The van der Waals surface area contributed by atoms with Crippen molar-refractivity contribution in [2.75, 3.05) is 0 Å². The Bertz CT molecular complexity index is 674. The molecule has 0 unspecified atom stereocenters. The van der Waals surface area contributed by atoms with E-state index in [0.717, 1.165) is 9.35 Å². The van der Waals surface area contributed by atoms with E-state index in [4.69, 9.17) is 11.6 Å². The van der Waals surface area contributed by atoms with Gasteiger partial charge in [0, 0.05) is 37.4 Å². The van der Waals surface area contributed by atoms with Crippen LogP contribution in [0.15, 0.2) is 34.1 Å². The summed E-state index contributed by atoms with van der Waals surface area (Å²) in [5, 5.41) is 15.5. The van der Waals surface area contributed by atoms with E-state index in [9.17, 15) is 14.9 Å². The number of nitrogens with one attached hydrogen (secondary N) is 1. The first-order chi connectivity index (χ1) is 9.45. The molecule has 20 heavy (non-hydrogen) atoms. The van der Waals surface area contributed by atoms with E-state index in [-0.39, 0.29) is 16.3 Å². The molecular weight excluding hydrogens is 368 g/mol. The van der Waals surface area contributed by atoms with Gasteiger partial charge in [-0.15, -0.1) is 11.3 Å². The third-order valence-corrected chi connectivity index (χ3v) is 4.32. The number of benzene rings is 1. The quantitative estimate of drug-likeness (QED) is 0.648. The maximum absolute atomic E-state index is 12.0. The van der Waals surface area contributed by atoms with E-state index >= 15 is 0 Å². The third kappa shape index (κ3) is 3.78. The number of hydrogen-bond donors (Lipinski definition) is 1. The lowest BCUT2D eigenvalue weighted by atomic mass is 10.2. The lowest BCUT2D eigenvalue weighted by molar-refractivity contribution is -0.384. The minimum Gasteiger partial charge on any atom is -0.347 e. The molecule has 0 saturated heterocycles. The predicted octanol–water partition coefficient (Wildman–Crippen LogP) is 4.00. The number of non-ortho nitro benzene ring substituents is 1. The topological polar surface area (TPSA) is 72.2 Å². The number of rotatable bonds is 4. The molecular formula is C12H8BrClN2O3S. The first-order valence-corrected chi connectivity index (χ1v) is 7.47. The van der Waals surface area contributed by atoms with E-state index in [1.165, 1.54) is 29.5 Å². The van der Waals surface area contributed by atoms with Crippen LogP contribution in [0.2, 0.25) is 5.02 Å². The smallest absolute Gasteiger partial charge is 0.271 e. The Hall–Kier alpha value is -1.44. The zero-order valence-corrected chi connectivity index (χ0v) is 13.1. The monoisotopic (exact) mass is 374 g/mol. The van der Waals surface area contributed by atoms with Gasteiger partial charge < -0.3 is 5.32 Å². The van der Waals surface area contributed by atoms with Gasteiger partial charge in [0.2, 0.25) is 0 Å².